The van der Waals surface area contributed by atoms with Crippen molar-refractivity contribution in [3.63, 3.8) is 0 Å². The van der Waals surface area contributed by atoms with E-state index in [0.29, 0.717) is 17.0 Å². The Kier molecular flexibility index (Phi) is 4.43. The summed E-state index contributed by atoms with van der Waals surface area (Å²) >= 11 is 0. The van der Waals surface area contributed by atoms with E-state index in [4.69, 9.17) is 10.2 Å². The number of hydrogen-bond donors (Lipinski definition) is 3. The number of para-hydroxylation sites is 1. The average Bonchev–Trinajstić information content (AvgIpc) is 2.92. The maximum Gasteiger partial charge on any atom is 0.316 e. The first-order valence-corrected chi connectivity index (χ1v) is 7.91. The molecule has 0 spiro atoms. The molecule has 6 heteroatoms. The molecule has 0 unspecified atom stereocenters. The van der Waals surface area contributed by atoms with Crippen LogP contribution in [0.15, 0.2) is 52.9 Å². The van der Waals surface area contributed by atoms with E-state index in [2.05, 4.69) is 10.6 Å². The summed E-state index contributed by atoms with van der Waals surface area (Å²) in [4.78, 5) is 23.4. The third-order valence-electron chi connectivity index (χ3n) is 4.08. The lowest BCUT2D eigenvalue weighted by Gasteiger charge is -2.14. The number of anilines is 1. The van der Waals surface area contributed by atoms with E-state index in [9.17, 15) is 9.59 Å². The number of hydrogen-bond acceptors (Lipinski definition) is 3. The van der Waals surface area contributed by atoms with Crippen molar-refractivity contribution in [2.75, 3.05) is 5.32 Å². The number of carbonyl (C=O) groups is 2. The summed E-state index contributed by atoms with van der Waals surface area (Å²) in [7, 11) is 0. The number of rotatable bonds is 4. The average molecular weight is 337 g/mol. The van der Waals surface area contributed by atoms with Crippen LogP contribution in [0, 0.1) is 6.92 Å². The minimum absolute atomic E-state index is 0.220. The molecule has 0 radical (unpaired) electrons. The van der Waals surface area contributed by atoms with E-state index in [1.165, 1.54) is 0 Å². The third-order valence-corrected chi connectivity index (χ3v) is 4.08. The van der Waals surface area contributed by atoms with Gasteiger partial charge in [0.15, 0.2) is 5.76 Å². The Morgan fingerprint density at radius 2 is 1.76 bits per heavy atom. The number of furan rings is 1. The van der Waals surface area contributed by atoms with Gasteiger partial charge >= 0.3 is 6.03 Å². The number of nitrogens with two attached hydrogens (primary N) is 1. The Morgan fingerprint density at radius 3 is 2.40 bits per heavy atom. The van der Waals surface area contributed by atoms with E-state index in [-0.39, 0.29) is 11.9 Å². The van der Waals surface area contributed by atoms with Gasteiger partial charge in [0.25, 0.3) is 5.91 Å². The predicted molar refractivity (Wildman–Crippen MR) is 96.5 cm³/mol. The first kappa shape index (κ1) is 16.6. The maximum atomic E-state index is 12.6. The molecule has 3 amide bonds. The maximum absolute atomic E-state index is 12.6. The molecule has 0 bridgehead atoms. The van der Waals surface area contributed by atoms with Crippen molar-refractivity contribution in [3.8, 4) is 0 Å². The molecule has 3 rings (SSSR count). The predicted octanol–water partition coefficient (Wildman–Crippen LogP) is 3.72. The van der Waals surface area contributed by atoms with Crippen LogP contribution in [-0.2, 0) is 0 Å². The molecule has 0 saturated carbocycles. The fraction of sp³-hybridized carbons (Fsp3) is 0.158. The normalized spacial score (nSPS) is 11.9. The second-order valence-corrected chi connectivity index (χ2v) is 5.86. The van der Waals surface area contributed by atoms with Gasteiger partial charge in [0.1, 0.15) is 5.58 Å². The lowest BCUT2D eigenvalue weighted by Crippen LogP contribution is -2.26. The van der Waals surface area contributed by atoms with Crippen LogP contribution in [-0.4, -0.2) is 11.9 Å². The lowest BCUT2D eigenvalue weighted by molar-refractivity contribution is 0.0913. The van der Waals surface area contributed by atoms with Crippen molar-refractivity contribution in [2.45, 2.75) is 19.9 Å². The van der Waals surface area contributed by atoms with Crippen molar-refractivity contribution >= 4 is 28.6 Å². The summed E-state index contributed by atoms with van der Waals surface area (Å²) in [6.45, 7) is 3.75. The minimum Gasteiger partial charge on any atom is -0.451 e. The number of benzene rings is 2. The van der Waals surface area contributed by atoms with Gasteiger partial charge in [0.05, 0.1) is 6.04 Å². The molecular weight excluding hydrogens is 318 g/mol. The highest BCUT2D eigenvalue weighted by Crippen LogP contribution is 2.25. The molecule has 0 aliphatic rings. The second kappa shape index (κ2) is 6.68. The summed E-state index contributed by atoms with van der Waals surface area (Å²) in [5, 5.41) is 6.36. The second-order valence-electron chi connectivity index (χ2n) is 5.86. The van der Waals surface area contributed by atoms with Crippen molar-refractivity contribution in [1.29, 1.82) is 0 Å². The summed E-state index contributed by atoms with van der Waals surface area (Å²) in [5.41, 5.74) is 8.10. The SMILES string of the molecule is Cc1c(C(=O)N[C@@H](C)c2ccc(NC(N)=O)cc2)oc2ccccc12. The van der Waals surface area contributed by atoms with E-state index in [1.54, 1.807) is 12.1 Å². The topological polar surface area (TPSA) is 97.4 Å². The van der Waals surface area contributed by atoms with Gasteiger partial charge in [-0.3, -0.25) is 4.79 Å². The quantitative estimate of drug-likeness (QED) is 0.676. The Balaban J connectivity index is 1.75. The largest absolute Gasteiger partial charge is 0.451 e. The number of fused-ring (bicyclic) bond motifs is 1. The molecule has 0 aliphatic heterocycles. The highest BCUT2D eigenvalue weighted by molar-refractivity contribution is 5.99. The fourth-order valence-corrected chi connectivity index (χ4v) is 2.73. The zero-order valence-electron chi connectivity index (χ0n) is 14.0. The Labute approximate surface area is 145 Å². The van der Waals surface area contributed by atoms with Crippen LogP contribution in [0.25, 0.3) is 11.0 Å². The number of urea groups is 1. The van der Waals surface area contributed by atoms with Gasteiger partial charge in [-0.25, -0.2) is 4.79 Å². The first-order chi connectivity index (χ1) is 12.0. The lowest BCUT2D eigenvalue weighted by atomic mass is 10.1. The zero-order chi connectivity index (χ0) is 18.0. The van der Waals surface area contributed by atoms with Crippen molar-refractivity contribution in [2.24, 2.45) is 5.73 Å². The number of amides is 3. The monoisotopic (exact) mass is 337 g/mol. The van der Waals surface area contributed by atoms with E-state index in [1.807, 2.05) is 50.2 Å². The van der Waals surface area contributed by atoms with Crippen LogP contribution in [0.1, 0.15) is 34.6 Å². The molecule has 4 N–H and O–H groups in total. The van der Waals surface area contributed by atoms with Crippen LogP contribution in [0.2, 0.25) is 0 Å². The van der Waals surface area contributed by atoms with Gasteiger partial charge in [-0.15, -0.1) is 0 Å². The van der Waals surface area contributed by atoms with Gasteiger partial charge in [-0.1, -0.05) is 30.3 Å². The summed E-state index contributed by atoms with van der Waals surface area (Å²) in [5.74, 6) is 0.0561. The van der Waals surface area contributed by atoms with Crippen LogP contribution in [0.3, 0.4) is 0 Å². The van der Waals surface area contributed by atoms with Crippen molar-refractivity contribution in [3.05, 3.63) is 65.4 Å². The van der Waals surface area contributed by atoms with E-state index < -0.39 is 6.03 Å². The summed E-state index contributed by atoms with van der Waals surface area (Å²) in [6.07, 6.45) is 0. The molecule has 0 aliphatic carbocycles. The van der Waals surface area contributed by atoms with Crippen molar-refractivity contribution < 1.29 is 14.0 Å². The Hall–Kier alpha value is -3.28. The van der Waals surface area contributed by atoms with Crippen LogP contribution in [0.5, 0.6) is 0 Å². The molecule has 2 aromatic carbocycles. The zero-order valence-corrected chi connectivity index (χ0v) is 14.0. The summed E-state index contributed by atoms with van der Waals surface area (Å²) in [6, 6.07) is 13.8. The fourth-order valence-electron chi connectivity index (χ4n) is 2.73. The number of aryl methyl sites for hydroxylation is 1. The molecule has 3 aromatic rings. The van der Waals surface area contributed by atoms with E-state index >= 15 is 0 Å². The van der Waals surface area contributed by atoms with Crippen LogP contribution in [0.4, 0.5) is 10.5 Å². The van der Waals surface area contributed by atoms with Gasteiger partial charge in [-0.2, -0.15) is 0 Å². The molecule has 128 valence electrons. The number of carbonyl (C=O) groups excluding carboxylic acids is 2. The highest BCUT2D eigenvalue weighted by Gasteiger charge is 2.19. The molecule has 1 aromatic heterocycles. The molecule has 25 heavy (non-hydrogen) atoms. The minimum atomic E-state index is -0.616. The molecule has 1 heterocycles. The molecular formula is C19H19N3O3. The Morgan fingerprint density at radius 1 is 1.08 bits per heavy atom. The van der Waals surface area contributed by atoms with Crippen LogP contribution >= 0.6 is 0 Å². The first-order valence-electron chi connectivity index (χ1n) is 7.91. The van der Waals surface area contributed by atoms with Gasteiger partial charge in [0.2, 0.25) is 0 Å². The molecule has 6 nitrogen and oxygen atoms in total. The molecule has 0 fully saturated rings. The third kappa shape index (κ3) is 3.47. The van der Waals surface area contributed by atoms with Gasteiger partial charge < -0.3 is 20.8 Å². The molecule has 0 saturated heterocycles. The number of primary amides is 1. The summed E-state index contributed by atoms with van der Waals surface area (Å²) < 4.78 is 5.69. The molecule has 1 atom stereocenters. The van der Waals surface area contributed by atoms with Crippen LogP contribution < -0.4 is 16.4 Å². The standard InChI is InChI=1S/C19H19N3O3/c1-11-15-5-3-4-6-16(15)25-17(11)18(23)21-12(2)13-7-9-14(10-8-13)22-19(20)24/h3-10,12H,1-2H3,(H,21,23)(H3,20,22,24)/t12-/m0/s1. The van der Waals surface area contributed by atoms with Crippen molar-refractivity contribution in [1.82, 2.24) is 5.32 Å². The Bertz CT molecular complexity index is 929. The number of nitrogens with one attached hydrogen (secondary N) is 2. The van der Waals surface area contributed by atoms with Gasteiger partial charge in [0, 0.05) is 16.6 Å². The highest BCUT2D eigenvalue weighted by atomic mass is 16.3. The van der Waals surface area contributed by atoms with Gasteiger partial charge in [-0.05, 0) is 37.6 Å². The smallest absolute Gasteiger partial charge is 0.316 e. The van der Waals surface area contributed by atoms with E-state index in [0.717, 1.165) is 16.5 Å².